The molecular formula is C13H8Cl3F. The minimum Gasteiger partial charge on any atom is -0.206 e. The van der Waals surface area contributed by atoms with Gasteiger partial charge in [-0.15, -0.1) is 11.6 Å². The molecule has 0 N–H and O–H groups in total. The van der Waals surface area contributed by atoms with E-state index in [1.165, 1.54) is 6.07 Å². The third-order valence-electron chi connectivity index (χ3n) is 2.42. The molecule has 17 heavy (non-hydrogen) atoms. The topological polar surface area (TPSA) is 0 Å². The van der Waals surface area contributed by atoms with Crippen LogP contribution in [0.5, 0.6) is 0 Å². The molecule has 0 amide bonds. The maximum atomic E-state index is 13.7. The van der Waals surface area contributed by atoms with Gasteiger partial charge in [-0.3, -0.25) is 0 Å². The van der Waals surface area contributed by atoms with Crippen LogP contribution in [0.3, 0.4) is 0 Å². The van der Waals surface area contributed by atoms with Crippen molar-refractivity contribution in [2.45, 2.75) is 5.88 Å². The molecule has 0 aliphatic heterocycles. The van der Waals surface area contributed by atoms with Gasteiger partial charge < -0.3 is 0 Å². The lowest BCUT2D eigenvalue weighted by Crippen LogP contribution is -1.87. The maximum absolute atomic E-state index is 13.7. The molecule has 88 valence electrons. The Morgan fingerprint density at radius 2 is 1.71 bits per heavy atom. The molecule has 0 spiro atoms. The summed E-state index contributed by atoms with van der Waals surface area (Å²) in [6.45, 7) is 0. The number of alkyl halides is 1. The molecule has 4 heteroatoms. The van der Waals surface area contributed by atoms with Gasteiger partial charge in [-0.2, -0.15) is 0 Å². The van der Waals surface area contributed by atoms with Gasteiger partial charge in [-0.1, -0.05) is 35.3 Å². The van der Waals surface area contributed by atoms with Crippen LogP contribution in [0.4, 0.5) is 4.39 Å². The molecule has 0 bridgehead atoms. The monoisotopic (exact) mass is 288 g/mol. The molecule has 0 fully saturated rings. The van der Waals surface area contributed by atoms with Crippen molar-refractivity contribution in [2.75, 3.05) is 0 Å². The van der Waals surface area contributed by atoms with Crippen LogP contribution >= 0.6 is 34.8 Å². The Bertz CT molecular complexity index is 552. The second kappa shape index (κ2) is 5.26. The standard InChI is InChI=1S/C13H8Cl3F/c14-7-8-1-4-13(17)10(5-8)9-2-3-11(15)12(16)6-9/h1-6H,7H2. The number of benzene rings is 2. The van der Waals surface area contributed by atoms with E-state index in [0.717, 1.165) is 5.56 Å². The molecule has 0 heterocycles. The molecule has 0 nitrogen and oxygen atoms in total. The lowest BCUT2D eigenvalue weighted by Gasteiger charge is -2.06. The van der Waals surface area contributed by atoms with Crippen LogP contribution < -0.4 is 0 Å². The van der Waals surface area contributed by atoms with E-state index >= 15 is 0 Å². The molecule has 0 aliphatic carbocycles. The minimum absolute atomic E-state index is 0.308. The van der Waals surface area contributed by atoms with E-state index in [9.17, 15) is 4.39 Å². The number of rotatable bonds is 2. The van der Waals surface area contributed by atoms with Crippen LogP contribution in [0.1, 0.15) is 5.56 Å². The zero-order valence-electron chi connectivity index (χ0n) is 8.68. The van der Waals surface area contributed by atoms with Crippen molar-refractivity contribution in [1.29, 1.82) is 0 Å². The van der Waals surface area contributed by atoms with Crippen LogP contribution in [0, 0.1) is 5.82 Å². The molecular weight excluding hydrogens is 282 g/mol. The molecule has 0 aliphatic rings. The second-order valence-corrected chi connectivity index (χ2v) is 4.66. The first-order chi connectivity index (χ1) is 8.11. The van der Waals surface area contributed by atoms with Crippen LogP contribution in [0.25, 0.3) is 11.1 Å². The predicted molar refractivity (Wildman–Crippen MR) is 71.4 cm³/mol. The lowest BCUT2D eigenvalue weighted by molar-refractivity contribution is 0.631. The van der Waals surface area contributed by atoms with Crippen LogP contribution in [-0.4, -0.2) is 0 Å². The SMILES string of the molecule is Fc1ccc(CCl)cc1-c1ccc(Cl)c(Cl)c1. The molecule has 2 rings (SSSR count). The first kappa shape index (κ1) is 12.7. The predicted octanol–water partition coefficient (Wildman–Crippen LogP) is 5.54. The molecule has 0 saturated carbocycles. The minimum atomic E-state index is -0.308. The Balaban J connectivity index is 2.55. The van der Waals surface area contributed by atoms with E-state index in [0.29, 0.717) is 27.1 Å². The highest BCUT2D eigenvalue weighted by atomic mass is 35.5. The maximum Gasteiger partial charge on any atom is 0.131 e. The normalized spacial score (nSPS) is 10.6. The summed E-state index contributed by atoms with van der Waals surface area (Å²) >= 11 is 17.5. The highest BCUT2D eigenvalue weighted by Gasteiger charge is 2.08. The van der Waals surface area contributed by atoms with E-state index in [2.05, 4.69) is 0 Å². The third-order valence-corrected chi connectivity index (χ3v) is 3.46. The molecule has 2 aromatic rings. The van der Waals surface area contributed by atoms with E-state index < -0.39 is 0 Å². The van der Waals surface area contributed by atoms with E-state index in [1.807, 2.05) is 0 Å². The summed E-state index contributed by atoms with van der Waals surface area (Å²) in [7, 11) is 0. The third kappa shape index (κ3) is 2.74. The van der Waals surface area contributed by atoms with Crippen molar-refractivity contribution in [3.63, 3.8) is 0 Å². The van der Waals surface area contributed by atoms with Gasteiger partial charge >= 0.3 is 0 Å². The second-order valence-electron chi connectivity index (χ2n) is 3.58. The van der Waals surface area contributed by atoms with Gasteiger partial charge in [-0.25, -0.2) is 4.39 Å². The van der Waals surface area contributed by atoms with Gasteiger partial charge in [0.15, 0.2) is 0 Å². The average Bonchev–Trinajstić information content (AvgIpc) is 2.33. The average molecular weight is 290 g/mol. The van der Waals surface area contributed by atoms with Crippen molar-refractivity contribution in [1.82, 2.24) is 0 Å². The first-order valence-corrected chi connectivity index (χ1v) is 6.20. The zero-order chi connectivity index (χ0) is 12.4. The van der Waals surface area contributed by atoms with Gasteiger partial charge in [0.2, 0.25) is 0 Å². The highest BCUT2D eigenvalue weighted by Crippen LogP contribution is 2.30. The fourth-order valence-electron chi connectivity index (χ4n) is 1.54. The molecule has 0 atom stereocenters. The number of hydrogen-bond donors (Lipinski definition) is 0. The van der Waals surface area contributed by atoms with Crippen LogP contribution in [-0.2, 0) is 5.88 Å². The summed E-state index contributed by atoms with van der Waals surface area (Å²) in [6, 6.07) is 9.78. The summed E-state index contributed by atoms with van der Waals surface area (Å²) in [4.78, 5) is 0. The number of halogens is 4. The van der Waals surface area contributed by atoms with Gasteiger partial charge in [0, 0.05) is 11.4 Å². The fourth-order valence-corrected chi connectivity index (χ4v) is 2.00. The van der Waals surface area contributed by atoms with Gasteiger partial charge in [0.25, 0.3) is 0 Å². The highest BCUT2D eigenvalue weighted by molar-refractivity contribution is 6.42. The summed E-state index contributed by atoms with van der Waals surface area (Å²) in [6.07, 6.45) is 0. The lowest BCUT2D eigenvalue weighted by atomic mass is 10.0. The Morgan fingerprint density at radius 3 is 2.35 bits per heavy atom. The Morgan fingerprint density at radius 1 is 0.941 bits per heavy atom. The molecule has 0 saturated heterocycles. The molecule has 0 unspecified atom stereocenters. The molecule has 0 aromatic heterocycles. The van der Waals surface area contributed by atoms with E-state index in [1.54, 1.807) is 30.3 Å². The summed E-state index contributed by atoms with van der Waals surface area (Å²) in [5.74, 6) is 0.0338. The Hall–Kier alpha value is -0.760. The van der Waals surface area contributed by atoms with Crippen molar-refractivity contribution in [3.8, 4) is 11.1 Å². The van der Waals surface area contributed by atoms with Gasteiger partial charge in [-0.05, 0) is 35.4 Å². The summed E-state index contributed by atoms with van der Waals surface area (Å²) in [5.41, 5.74) is 2.01. The molecule has 2 aromatic carbocycles. The van der Waals surface area contributed by atoms with Gasteiger partial charge in [0.05, 0.1) is 10.0 Å². The Labute approximate surface area is 114 Å². The van der Waals surface area contributed by atoms with Crippen LogP contribution in [0.15, 0.2) is 36.4 Å². The largest absolute Gasteiger partial charge is 0.206 e. The van der Waals surface area contributed by atoms with E-state index in [-0.39, 0.29) is 5.82 Å². The van der Waals surface area contributed by atoms with Gasteiger partial charge in [0.1, 0.15) is 5.82 Å². The summed E-state index contributed by atoms with van der Waals surface area (Å²) < 4.78 is 13.7. The smallest absolute Gasteiger partial charge is 0.131 e. The van der Waals surface area contributed by atoms with Crippen molar-refractivity contribution < 1.29 is 4.39 Å². The fraction of sp³-hybridized carbons (Fsp3) is 0.0769. The zero-order valence-corrected chi connectivity index (χ0v) is 11.0. The van der Waals surface area contributed by atoms with E-state index in [4.69, 9.17) is 34.8 Å². The van der Waals surface area contributed by atoms with Crippen LogP contribution in [0.2, 0.25) is 10.0 Å². The van der Waals surface area contributed by atoms with Crippen molar-refractivity contribution in [3.05, 3.63) is 57.8 Å². The summed E-state index contributed by atoms with van der Waals surface area (Å²) in [5, 5.41) is 0.851. The number of hydrogen-bond acceptors (Lipinski definition) is 0. The Kier molecular flexibility index (Phi) is 3.93. The van der Waals surface area contributed by atoms with Crippen molar-refractivity contribution >= 4 is 34.8 Å². The quantitative estimate of drug-likeness (QED) is 0.637. The first-order valence-electron chi connectivity index (χ1n) is 4.91. The molecule has 0 radical (unpaired) electrons. The van der Waals surface area contributed by atoms with Crippen molar-refractivity contribution in [2.24, 2.45) is 0 Å².